The second kappa shape index (κ2) is 6.95. The lowest BCUT2D eigenvalue weighted by Gasteiger charge is -2.10. The highest BCUT2D eigenvalue weighted by atomic mass is 16.5. The largest absolute Gasteiger partial charge is 0.455 e. The van der Waals surface area contributed by atoms with Crippen LogP contribution in [0.1, 0.15) is 11.1 Å². The summed E-state index contributed by atoms with van der Waals surface area (Å²) in [6, 6.07) is 32.2. The second-order valence-corrected chi connectivity index (χ2v) is 5.69. The Morgan fingerprint density at radius 2 is 1.20 bits per heavy atom. The lowest BCUT2D eigenvalue weighted by Crippen LogP contribution is -1.89. The summed E-state index contributed by atoms with van der Waals surface area (Å²) in [7, 11) is 0. The van der Waals surface area contributed by atoms with Crippen molar-refractivity contribution in [3.63, 3.8) is 0 Å². The zero-order chi connectivity index (χ0) is 16.9. The van der Waals surface area contributed by atoms with Crippen molar-refractivity contribution < 1.29 is 4.74 Å². The van der Waals surface area contributed by atoms with Crippen LogP contribution in [0.2, 0.25) is 0 Å². The maximum absolute atomic E-state index is 6.21. The summed E-state index contributed by atoms with van der Waals surface area (Å²) in [5, 5.41) is 2.25. The Kier molecular flexibility index (Phi) is 4.18. The molecule has 0 atom stereocenters. The minimum absolute atomic E-state index is 0.766. The zero-order valence-corrected chi connectivity index (χ0v) is 13.6. The number of hydrogen-bond acceptors (Lipinski definition) is 1. The Labute approximate surface area is 147 Å². The first-order valence-electron chi connectivity index (χ1n) is 8.22. The highest BCUT2D eigenvalue weighted by Crippen LogP contribution is 2.31. The van der Waals surface area contributed by atoms with Gasteiger partial charge in [-0.3, -0.25) is 0 Å². The average Bonchev–Trinajstić information content (AvgIpc) is 2.68. The van der Waals surface area contributed by atoms with Crippen molar-refractivity contribution in [2.75, 3.05) is 0 Å². The predicted molar refractivity (Wildman–Crippen MR) is 103 cm³/mol. The van der Waals surface area contributed by atoms with Crippen molar-refractivity contribution in [3.05, 3.63) is 108 Å². The van der Waals surface area contributed by atoms with Gasteiger partial charge in [0.1, 0.15) is 11.5 Å². The summed E-state index contributed by atoms with van der Waals surface area (Å²) < 4.78 is 6.21. The van der Waals surface area contributed by atoms with E-state index in [2.05, 4.69) is 30.0 Å². The Bertz CT molecular complexity index is 1060. The van der Waals surface area contributed by atoms with E-state index in [0.29, 0.717) is 0 Å². The van der Waals surface area contributed by atoms with Crippen molar-refractivity contribution in [3.8, 4) is 23.3 Å². The summed E-state index contributed by atoms with van der Waals surface area (Å²) in [5.74, 6) is 8.02. The maximum Gasteiger partial charge on any atom is 0.143 e. The third-order valence-corrected chi connectivity index (χ3v) is 3.97. The molecule has 4 rings (SSSR count). The topological polar surface area (TPSA) is 9.23 Å². The van der Waals surface area contributed by atoms with E-state index in [0.717, 1.165) is 33.4 Å². The van der Waals surface area contributed by atoms with E-state index in [1.165, 1.54) is 0 Å². The molecule has 1 nitrogen and oxygen atoms in total. The van der Waals surface area contributed by atoms with E-state index < -0.39 is 0 Å². The summed E-state index contributed by atoms with van der Waals surface area (Å²) in [5.41, 5.74) is 1.86. The molecule has 0 bridgehead atoms. The van der Waals surface area contributed by atoms with Crippen molar-refractivity contribution in [1.82, 2.24) is 0 Å². The maximum atomic E-state index is 6.21. The number of para-hydroxylation sites is 1. The van der Waals surface area contributed by atoms with Gasteiger partial charge in [0.05, 0.1) is 5.56 Å². The van der Waals surface area contributed by atoms with Crippen LogP contribution in [0.5, 0.6) is 11.5 Å². The van der Waals surface area contributed by atoms with Gasteiger partial charge in [0.2, 0.25) is 0 Å². The Hall–Kier alpha value is -3.50. The molecular weight excluding hydrogens is 304 g/mol. The van der Waals surface area contributed by atoms with Crippen LogP contribution in [-0.2, 0) is 0 Å². The second-order valence-electron chi connectivity index (χ2n) is 5.69. The average molecular weight is 320 g/mol. The first-order chi connectivity index (χ1) is 12.4. The number of hydrogen-bond donors (Lipinski definition) is 0. The number of fused-ring (bicyclic) bond motifs is 1. The molecule has 0 N–H and O–H groups in total. The van der Waals surface area contributed by atoms with Crippen LogP contribution < -0.4 is 4.74 Å². The van der Waals surface area contributed by atoms with E-state index in [1.807, 2.05) is 78.9 Å². The normalized spacial score (nSPS) is 10.1. The lowest BCUT2D eigenvalue weighted by molar-refractivity contribution is 0.487. The van der Waals surface area contributed by atoms with Gasteiger partial charge in [-0.05, 0) is 35.7 Å². The van der Waals surface area contributed by atoms with Crippen LogP contribution in [0.3, 0.4) is 0 Å². The van der Waals surface area contributed by atoms with Crippen LogP contribution >= 0.6 is 0 Å². The molecular formula is C24H16O. The third-order valence-electron chi connectivity index (χ3n) is 3.97. The quantitative estimate of drug-likeness (QED) is 0.410. The number of rotatable bonds is 2. The van der Waals surface area contributed by atoms with Gasteiger partial charge in [-0.1, -0.05) is 78.6 Å². The highest BCUT2D eigenvalue weighted by Gasteiger charge is 2.05. The molecule has 0 aliphatic rings. The van der Waals surface area contributed by atoms with Gasteiger partial charge in [-0.2, -0.15) is 0 Å². The Morgan fingerprint density at radius 3 is 2.12 bits per heavy atom. The van der Waals surface area contributed by atoms with Gasteiger partial charge in [0, 0.05) is 10.9 Å². The fourth-order valence-electron chi connectivity index (χ4n) is 2.72. The Morgan fingerprint density at radius 1 is 0.520 bits per heavy atom. The molecule has 0 radical (unpaired) electrons. The molecule has 0 amide bonds. The summed E-state index contributed by atoms with van der Waals surface area (Å²) in [6.07, 6.45) is 0. The summed E-state index contributed by atoms with van der Waals surface area (Å²) >= 11 is 0. The lowest BCUT2D eigenvalue weighted by atomic mass is 10.1. The van der Waals surface area contributed by atoms with Gasteiger partial charge < -0.3 is 4.74 Å². The zero-order valence-electron chi connectivity index (χ0n) is 13.6. The van der Waals surface area contributed by atoms with Crippen LogP contribution in [0.25, 0.3) is 10.8 Å². The third kappa shape index (κ3) is 3.39. The van der Waals surface area contributed by atoms with E-state index in [1.54, 1.807) is 0 Å². The van der Waals surface area contributed by atoms with Gasteiger partial charge in [0.25, 0.3) is 0 Å². The SMILES string of the molecule is C(#Cc1ccccc1Oc1cccc2ccccc12)c1ccccc1. The molecule has 25 heavy (non-hydrogen) atoms. The van der Waals surface area contributed by atoms with Crippen LogP contribution in [0, 0.1) is 11.8 Å². The van der Waals surface area contributed by atoms with Gasteiger partial charge in [0.15, 0.2) is 0 Å². The van der Waals surface area contributed by atoms with Crippen molar-refractivity contribution >= 4 is 10.8 Å². The molecule has 0 aliphatic carbocycles. The van der Waals surface area contributed by atoms with Gasteiger partial charge in [-0.15, -0.1) is 0 Å². The molecule has 0 saturated heterocycles. The molecule has 118 valence electrons. The Balaban J connectivity index is 1.71. The number of ether oxygens (including phenoxy) is 1. The van der Waals surface area contributed by atoms with Gasteiger partial charge in [-0.25, -0.2) is 0 Å². The van der Waals surface area contributed by atoms with Crippen LogP contribution in [0.15, 0.2) is 97.1 Å². The molecule has 0 saturated carbocycles. The van der Waals surface area contributed by atoms with Crippen molar-refractivity contribution in [1.29, 1.82) is 0 Å². The van der Waals surface area contributed by atoms with Crippen LogP contribution in [0.4, 0.5) is 0 Å². The molecule has 0 heterocycles. The standard InChI is InChI=1S/C24H16O/c1-2-9-19(10-3-1)17-18-21-12-5-7-15-23(21)25-24-16-8-13-20-11-4-6-14-22(20)24/h1-16H. The summed E-state index contributed by atoms with van der Waals surface area (Å²) in [4.78, 5) is 0. The molecule has 1 heteroatoms. The molecule has 0 aromatic heterocycles. The van der Waals surface area contributed by atoms with Crippen molar-refractivity contribution in [2.45, 2.75) is 0 Å². The smallest absolute Gasteiger partial charge is 0.143 e. The minimum Gasteiger partial charge on any atom is -0.455 e. The minimum atomic E-state index is 0.766. The molecule has 4 aromatic rings. The molecule has 0 spiro atoms. The molecule has 0 aliphatic heterocycles. The molecule has 0 fully saturated rings. The number of benzene rings is 4. The van der Waals surface area contributed by atoms with Gasteiger partial charge >= 0.3 is 0 Å². The fraction of sp³-hybridized carbons (Fsp3) is 0. The van der Waals surface area contributed by atoms with E-state index in [4.69, 9.17) is 4.74 Å². The van der Waals surface area contributed by atoms with Crippen molar-refractivity contribution in [2.24, 2.45) is 0 Å². The first kappa shape index (κ1) is 15.1. The molecule has 0 unspecified atom stereocenters. The first-order valence-corrected chi connectivity index (χ1v) is 8.22. The van der Waals surface area contributed by atoms with E-state index in [9.17, 15) is 0 Å². The summed E-state index contributed by atoms with van der Waals surface area (Å²) in [6.45, 7) is 0. The van der Waals surface area contributed by atoms with E-state index in [-0.39, 0.29) is 0 Å². The van der Waals surface area contributed by atoms with E-state index >= 15 is 0 Å². The monoisotopic (exact) mass is 320 g/mol. The predicted octanol–water partition coefficient (Wildman–Crippen LogP) is 6.03. The fourth-order valence-corrected chi connectivity index (χ4v) is 2.72. The molecule has 4 aromatic carbocycles. The highest BCUT2D eigenvalue weighted by molar-refractivity contribution is 5.88. The van der Waals surface area contributed by atoms with Crippen LogP contribution in [-0.4, -0.2) is 0 Å².